The molecule has 2 heterocycles. The van der Waals surface area contributed by atoms with Crippen molar-refractivity contribution in [3.05, 3.63) is 12.2 Å². The first-order valence-electron chi connectivity index (χ1n) is 7.23. The van der Waals surface area contributed by atoms with Crippen LogP contribution in [-0.4, -0.2) is 61.7 Å². The molecule has 0 radical (unpaired) electrons. The van der Waals surface area contributed by atoms with Gasteiger partial charge in [0.25, 0.3) is 0 Å². The van der Waals surface area contributed by atoms with Gasteiger partial charge >= 0.3 is 0 Å². The summed E-state index contributed by atoms with van der Waals surface area (Å²) < 4.78 is 5.26. The van der Waals surface area contributed by atoms with Gasteiger partial charge in [-0.2, -0.15) is 0 Å². The predicted molar refractivity (Wildman–Crippen MR) is 80.6 cm³/mol. The van der Waals surface area contributed by atoms with Crippen molar-refractivity contribution in [3.63, 3.8) is 0 Å². The molecule has 3 unspecified atom stereocenters. The molecule has 19 heavy (non-hydrogen) atoms. The van der Waals surface area contributed by atoms with E-state index in [1.165, 1.54) is 12.0 Å². The van der Waals surface area contributed by atoms with E-state index >= 15 is 0 Å². The lowest BCUT2D eigenvalue weighted by Crippen LogP contribution is -2.31. The first-order valence-corrected chi connectivity index (χ1v) is 7.67. The first-order chi connectivity index (χ1) is 8.98. The lowest BCUT2D eigenvalue weighted by molar-refractivity contribution is 0.0740. The van der Waals surface area contributed by atoms with Gasteiger partial charge in [-0.15, -0.1) is 11.6 Å². The second kappa shape index (κ2) is 6.13. The SMILES string of the molecule is C=C1C(CCC(C)Cl)N(C)CC12CCN(COC)C2. The highest BCUT2D eigenvalue weighted by Crippen LogP contribution is 2.46. The van der Waals surface area contributed by atoms with Crippen molar-refractivity contribution < 1.29 is 4.74 Å². The summed E-state index contributed by atoms with van der Waals surface area (Å²) in [6.45, 7) is 10.6. The number of hydrogen-bond acceptors (Lipinski definition) is 3. The average molecular weight is 287 g/mol. The second-order valence-corrected chi connectivity index (χ2v) is 7.06. The number of likely N-dealkylation sites (tertiary alicyclic amines) is 2. The molecule has 0 amide bonds. The van der Waals surface area contributed by atoms with E-state index in [0.717, 1.165) is 39.2 Å². The molecule has 2 aliphatic heterocycles. The average Bonchev–Trinajstić information content (AvgIpc) is 2.82. The molecule has 2 fully saturated rings. The van der Waals surface area contributed by atoms with Crippen LogP contribution in [0, 0.1) is 5.41 Å². The van der Waals surface area contributed by atoms with E-state index in [-0.39, 0.29) is 10.8 Å². The van der Waals surface area contributed by atoms with E-state index in [0.29, 0.717) is 6.04 Å². The molecule has 0 N–H and O–H groups in total. The summed E-state index contributed by atoms with van der Waals surface area (Å²) in [6.07, 6.45) is 3.41. The van der Waals surface area contributed by atoms with Crippen LogP contribution in [0.4, 0.5) is 0 Å². The molecule has 0 bridgehead atoms. The van der Waals surface area contributed by atoms with Crippen LogP contribution in [0.25, 0.3) is 0 Å². The van der Waals surface area contributed by atoms with Crippen molar-refractivity contribution in [3.8, 4) is 0 Å². The van der Waals surface area contributed by atoms with Crippen LogP contribution in [0.1, 0.15) is 26.2 Å². The maximum absolute atomic E-state index is 6.09. The van der Waals surface area contributed by atoms with E-state index in [9.17, 15) is 0 Å². The second-order valence-electron chi connectivity index (χ2n) is 6.31. The Morgan fingerprint density at radius 2 is 2.26 bits per heavy atom. The molecule has 0 aromatic heterocycles. The molecule has 2 saturated heterocycles. The van der Waals surface area contributed by atoms with Crippen LogP contribution < -0.4 is 0 Å². The van der Waals surface area contributed by atoms with Crippen LogP contribution in [0.5, 0.6) is 0 Å². The van der Waals surface area contributed by atoms with Gasteiger partial charge in [-0.25, -0.2) is 0 Å². The Kier molecular flexibility index (Phi) is 4.93. The van der Waals surface area contributed by atoms with Gasteiger partial charge in [-0.1, -0.05) is 12.2 Å². The van der Waals surface area contributed by atoms with Crippen molar-refractivity contribution >= 4 is 11.6 Å². The molecule has 2 aliphatic rings. The van der Waals surface area contributed by atoms with Crippen molar-refractivity contribution in [1.82, 2.24) is 9.80 Å². The maximum atomic E-state index is 6.09. The van der Waals surface area contributed by atoms with Gasteiger partial charge in [0.15, 0.2) is 0 Å². The van der Waals surface area contributed by atoms with E-state index < -0.39 is 0 Å². The first kappa shape index (κ1) is 15.3. The van der Waals surface area contributed by atoms with Gasteiger partial charge in [0, 0.05) is 43.6 Å². The van der Waals surface area contributed by atoms with E-state index in [4.69, 9.17) is 16.3 Å². The predicted octanol–water partition coefficient (Wildman–Crippen LogP) is 2.56. The molecule has 110 valence electrons. The number of methoxy groups -OCH3 is 1. The number of halogens is 1. The quantitative estimate of drug-likeness (QED) is 0.571. The standard InChI is InChI=1S/C15H27ClN2O/c1-12(16)5-6-14-13(2)15(9-17(14)3)7-8-18(10-15)11-19-4/h12,14H,2,5-11H2,1,3-4H3. The summed E-state index contributed by atoms with van der Waals surface area (Å²) in [5.41, 5.74) is 1.71. The molecule has 2 rings (SSSR count). The van der Waals surface area contributed by atoms with Crippen LogP contribution in [0.15, 0.2) is 12.2 Å². The highest BCUT2D eigenvalue weighted by atomic mass is 35.5. The fourth-order valence-corrected chi connectivity index (χ4v) is 3.86. The Morgan fingerprint density at radius 1 is 1.53 bits per heavy atom. The molecule has 0 aliphatic carbocycles. The van der Waals surface area contributed by atoms with Crippen LogP contribution >= 0.6 is 11.6 Å². The molecule has 0 saturated carbocycles. The van der Waals surface area contributed by atoms with E-state index in [1.807, 2.05) is 0 Å². The summed E-state index contributed by atoms with van der Waals surface area (Å²) in [5.74, 6) is 0. The third-order valence-corrected chi connectivity index (χ3v) is 4.97. The minimum Gasteiger partial charge on any atom is -0.369 e. The van der Waals surface area contributed by atoms with Gasteiger partial charge in [0.1, 0.15) is 0 Å². The van der Waals surface area contributed by atoms with Gasteiger partial charge < -0.3 is 4.74 Å². The molecule has 1 spiro atoms. The number of nitrogens with zero attached hydrogens (tertiary/aromatic N) is 2. The number of hydrogen-bond donors (Lipinski definition) is 0. The van der Waals surface area contributed by atoms with Gasteiger partial charge in [0.05, 0.1) is 6.73 Å². The molecule has 3 atom stereocenters. The number of likely N-dealkylation sites (N-methyl/N-ethyl adjacent to an activating group) is 1. The lowest BCUT2D eigenvalue weighted by Gasteiger charge is -2.25. The Bertz CT molecular complexity index is 334. The summed E-state index contributed by atoms with van der Waals surface area (Å²) in [4.78, 5) is 4.86. The monoisotopic (exact) mass is 286 g/mol. The fraction of sp³-hybridized carbons (Fsp3) is 0.867. The highest BCUT2D eigenvalue weighted by molar-refractivity contribution is 6.20. The van der Waals surface area contributed by atoms with Crippen molar-refractivity contribution in [2.45, 2.75) is 37.6 Å². The smallest absolute Gasteiger partial charge is 0.0986 e. The normalized spacial score (nSPS) is 34.5. The minimum atomic E-state index is 0.256. The number of alkyl halides is 1. The Morgan fingerprint density at radius 3 is 2.89 bits per heavy atom. The summed E-state index contributed by atoms with van der Waals surface area (Å²) in [6, 6.07) is 0.503. The summed E-state index contributed by atoms with van der Waals surface area (Å²) in [7, 11) is 3.99. The van der Waals surface area contributed by atoms with Crippen molar-refractivity contribution in [2.24, 2.45) is 5.41 Å². The Labute approximate surface area is 122 Å². The highest BCUT2D eigenvalue weighted by Gasteiger charge is 2.49. The third kappa shape index (κ3) is 3.15. The van der Waals surface area contributed by atoms with Crippen molar-refractivity contribution in [2.75, 3.05) is 40.5 Å². The van der Waals surface area contributed by atoms with Gasteiger partial charge in [-0.3, -0.25) is 9.80 Å². The zero-order valence-electron chi connectivity index (χ0n) is 12.5. The number of rotatable bonds is 5. The summed E-state index contributed by atoms with van der Waals surface area (Å²) in [5, 5.41) is 0.256. The largest absolute Gasteiger partial charge is 0.369 e. The zero-order chi connectivity index (χ0) is 14.0. The lowest BCUT2D eigenvalue weighted by atomic mass is 9.80. The molecular weight excluding hydrogens is 260 g/mol. The van der Waals surface area contributed by atoms with Crippen LogP contribution in [0.3, 0.4) is 0 Å². The van der Waals surface area contributed by atoms with Crippen LogP contribution in [-0.2, 0) is 4.74 Å². The molecule has 0 aromatic rings. The minimum absolute atomic E-state index is 0.256. The van der Waals surface area contributed by atoms with E-state index in [1.54, 1.807) is 7.11 Å². The maximum Gasteiger partial charge on any atom is 0.0986 e. The van der Waals surface area contributed by atoms with Gasteiger partial charge in [-0.05, 0) is 33.2 Å². The van der Waals surface area contributed by atoms with E-state index in [2.05, 4.69) is 30.4 Å². The summed E-state index contributed by atoms with van der Waals surface area (Å²) >= 11 is 6.09. The molecule has 0 aromatic carbocycles. The molecular formula is C15H27ClN2O. The Hall–Kier alpha value is -0.0900. The molecule has 3 nitrogen and oxygen atoms in total. The number of ether oxygens (including phenoxy) is 1. The third-order valence-electron chi connectivity index (χ3n) is 4.75. The van der Waals surface area contributed by atoms with Crippen LogP contribution in [0.2, 0.25) is 0 Å². The topological polar surface area (TPSA) is 15.7 Å². The Balaban J connectivity index is 1.99. The zero-order valence-corrected chi connectivity index (χ0v) is 13.2. The molecule has 4 heteroatoms. The van der Waals surface area contributed by atoms with Crippen molar-refractivity contribution in [1.29, 1.82) is 0 Å². The van der Waals surface area contributed by atoms with Gasteiger partial charge in [0.2, 0.25) is 0 Å². The fourth-order valence-electron chi connectivity index (χ4n) is 3.73.